The minimum Gasteiger partial charge on any atom is -0.305 e. The fourth-order valence-corrected chi connectivity index (χ4v) is 3.52. The first kappa shape index (κ1) is 13.1. The van der Waals surface area contributed by atoms with E-state index < -0.39 is 0 Å². The van der Waals surface area contributed by atoms with E-state index in [4.69, 9.17) is 0 Å². The monoisotopic (exact) mass is 258 g/mol. The standard InChI is InChI=1S/C17H26N2/c1-16(2,14-9-10-14)19-12-11-18-17(3,13-19)15-7-5-4-6-8-15/h4-8,14,18H,9-13H2,1-3H3. The maximum atomic E-state index is 3.73. The van der Waals surface area contributed by atoms with Gasteiger partial charge >= 0.3 is 0 Å². The molecule has 2 aliphatic rings. The highest BCUT2D eigenvalue weighted by atomic mass is 15.3. The summed E-state index contributed by atoms with van der Waals surface area (Å²) < 4.78 is 0. The Morgan fingerprint density at radius 3 is 2.53 bits per heavy atom. The molecule has 1 atom stereocenters. The lowest BCUT2D eigenvalue weighted by atomic mass is 9.86. The molecule has 1 unspecified atom stereocenters. The molecule has 0 spiro atoms. The Balaban J connectivity index is 1.81. The van der Waals surface area contributed by atoms with E-state index >= 15 is 0 Å². The lowest BCUT2D eigenvalue weighted by Crippen LogP contribution is -2.62. The van der Waals surface area contributed by atoms with Gasteiger partial charge in [0.1, 0.15) is 0 Å². The summed E-state index contributed by atoms with van der Waals surface area (Å²) in [6, 6.07) is 10.9. The second kappa shape index (κ2) is 4.60. The van der Waals surface area contributed by atoms with E-state index in [1.807, 2.05) is 0 Å². The molecule has 1 aliphatic carbocycles. The van der Waals surface area contributed by atoms with Gasteiger partial charge in [0.15, 0.2) is 0 Å². The third-order valence-electron chi connectivity index (χ3n) is 5.21. The average Bonchev–Trinajstić information content (AvgIpc) is 3.24. The molecule has 2 fully saturated rings. The van der Waals surface area contributed by atoms with E-state index in [2.05, 4.69) is 61.3 Å². The summed E-state index contributed by atoms with van der Waals surface area (Å²) in [6.07, 6.45) is 2.83. The maximum absolute atomic E-state index is 3.73. The summed E-state index contributed by atoms with van der Waals surface area (Å²) in [5.74, 6) is 0.908. The van der Waals surface area contributed by atoms with Crippen LogP contribution in [0.15, 0.2) is 30.3 Å². The molecule has 19 heavy (non-hydrogen) atoms. The van der Waals surface area contributed by atoms with Crippen molar-refractivity contribution >= 4 is 0 Å². The van der Waals surface area contributed by atoms with Crippen LogP contribution in [-0.2, 0) is 5.54 Å². The molecule has 1 aromatic carbocycles. The lowest BCUT2D eigenvalue weighted by molar-refractivity contribution is 0.0368. The number of rotatable bonds is 3. The maximum Gasteiger partial charge on any atom is 0.0535 e. The summed E-state index contributed by atoms with van der Waals surface area (Å²) in [4.78, 5) is 2.70. The van der Waals surface area contributed by atoms with Crippen LogP contribution < -0.4 is 5.32 Å². The van der Waals surface area contributed by atoms with Crippen LogP contribution in [0.1, 0.15) is 39.2 Å². The fourth-order valence-electron chi connectivity index (χ4n) is 3.52. The molecule has 1 aliphatic heterocycles. The molecule has 0 aromatic heterocycles. The topological polar surface area (TPSA) is 15.3 Å². The zero-order valence-corrected chi connectivity index (χ0v) is 12.4. The zero-order valence-electron chi connectivity index (χ0n) is 12.4. The van der Waals surface area contributed by atoms with Crippen molar-refractivity contribution in [3.05, 3.63) is 35.9 Å². The molecule has 1 saturated heterocycles. The predicted molar refractivity (Wildman–Crippen MR) is 80.2 cm³/mol. The van der Waals surface area contributed by atoms with E-state index in [1.54, 1.807) is 0 Å². The van der Waals surface area contributed by atoms with Gasteiger partial charge in [0.2, 0.25) is 0 Å². The van der Waals surface area contributed by atoms with Crippen LogP contribution in [0.3, 0.4) is 0 Å². The van der Waals surface area contributed by atoms with Crippen molar-refractivity contribution in [1.82, 2.24) is 10.2 Å². The van der Waals surface area contributed by atoms with E-state index in [1.165, 1.54) is 24.9 Å². The van der Waals surface area contributed by atoms with Crippen molar-refractivity contribution in [1.29, 1.82) is 0 Å². The van der Waals surface area contributed by atoms with E-state index in [0.717, 1.165) is 19.0 Å². The van der Waals surface area contributed by atoms with Gasteiger partial charge in [0.25, 0.3) is 0 Å². The second-order valence-electron chi connectivity index (χ2n) is 6.97. The predicted octanol–water partition coefficient (Wildman–Crippen LogP) is 3.00. The normalized spacial score (nSPS) is 29.4. The molecule has 104 valence electrons. The fraction of sp³-hybridized carbons (Fsp3) is 0.647. The largest absolute Gasteiger partial charge is 0.305 e. The zero-order chi connectivity index (χ0) is 13.5. The highest BCUT2D eigenvalue weighted by Gasteiger charge is 2.45. The molecule has 2 nitrogen and oxygen atoms in total. The average molecular weight is 258 g/mol. The number of hydrogen-bond acceptors (Lipinski definition) is 2. The van der Waals surface area contributed by atoms with Gasteiger partial charge < -0.3 is 5.32 Å². The Morgan fingerprint density at radius 1 is 1.21 bits per heavy atom. The molecule has 1 aromatic rings. The Kier molecular flexibility index (Phi) is 3.18. The van der Waals surface area contributed by atoms with Crippen LogP contribution in [0.25, 0.3) is 0 Å². The smallest absolute Gasteiger partial charge is 0.0535 e. The molecule has 1 saturated carbocycles. The second-order valence-corrected chi connectivity index (χ2v) is 6.97. The van der Waals surface area contributed by atoms with Gasteiger partial charge in [0, 0.05) is 25.2 Å². The summed E-state index contributed by atoms with van der Waals surface area (Å²) >= 11 is 0. The number of piperazine rings is 1. The minimum atomic E-state index is 0.0890. The first-order valence-electron chi connectivity index (χ1n) is 7.58. The van der Waals surface area contributed by atoms with Crippen LogP contribution in [0.2, 0.25) is 0 Å². The summed E-state index contributed by atoms with van der Waals surface area (Å²) in [5.41, 5.74) is 1.86. The van der Waals surface area contributed by atoms with Crippen molar-refractivity contribution in [2.45, 2.75) is 44.7 Å². The van der Waals surface area contributed by atoms with E-state index in [0.29, 0.717) is 5.54 Å². The molecule has 2 heteroatoms. The van der Waals surface area contributed by atoms with Crippen molar-refractivity contribution in [3.8, 4) is 0 Å². The molecular weight excluding hydrogens is 232 g/mol. The third-order valence-corrected chi connectivity index (χ3v) is 5.21. The lowest BCUT2D eigenvalue weighted by Gasteiger charge is -2.49. The number of hydrogen-bond donors (Lipinski definition) is 1. The van der Waals surface area contributed by atoms with Gasteiger partial charge in [-0.15, -0.1) is 0 Å². The van der Waals surface area contributed by atoms with Gasteiger partial charge in [0.05, 0.1) is 5.54 Å². The Hall–Kier alpha value is -0.860. The SMILES string of the molecule is CC1(c2ccccc2)CN(C(C)(C)C2CC2)CCN1. The molecule has 3 rings (SSSR count). The first-order valence-corrected chi connectivity index (χ1v) is 7.58. The molecular formula is C17H26N2. The quantitative estimate of drug-likeness (QED) is 0.896. The Morgan fingerprint density at radius 2 is 1.89 bits per heavy atom. The van der Waals surface area contributed by atoms with Gasteiger partial charge in [-0.2, -0.15) is 0 Å². The Labute approximate surface area is 117 Å². The summed E-state index contributed by atoms with van der Waals surface area (Å²) in [6.45, 7) is 10.6. The van der Waals surface area contributed by atoms with Crippen molar-refractivity contribution < 1.29 is 0 Å². The summed E-state index contributed by atoms with van der Waals surface area (Å²) in [5, 5.41) is 3.73. The van der Waals surface area contributed by atoms with Gasteiger partial charge in [-0.05, 0) is 45.1 Å². The number of nitrogens with one attached hydrogen (secondary N) is 1. The first-order chi connectivity index (χ1) is 9.02. The van der Waals surface area contributed by atoms with Crippen LogP contribution in [0, 0.1) is 5.92 Å². The van der Waals surface area contributed by atoms with Gasteiger partial charge in [-0.25, -0.2) is 0 Å². The third kappa shape index (κ3) is 2.44. The molecule has 0 amide bonds. The van der Waals surface area contributed by atoms with Gasteiger partial charge in [-0.1, -0.05) is 30.3 Å². The highest BCUT2D eigenvalue weighted by molar-refractivity contribution is 5.25. The number of nitrogens with zero attached hydrogens (tertiary/aromatic N) is 1. The molecule has 1 N–H and O–H groups in total. The highest BCUT2D eigenvalue weighted by Crippen LogP contribution is 2.44. The van der Waals surface area contributed by atoms with Gasteiger partial charge in [-0.3, -0.25) is 4.90 Å². The minimum absolute atomic E-state index is 0.0890. The molecule has 0 radical (unpaired) electrons. The van der Waals surface area contributed by atoms with Crippen molar-refractivity contribution in [2.24, 2.45) is 5.92 Å². The van der Waals surface area contributed by atoms with Crippen LogP contribution in [0.4, 0.5) is 0 Å². The van der Waals surface area contributed by atoms with Crippen LogP contribution >= 0.6 is 0 Å². The molecule has 1 heterocycles. The number of benzene rings is 1. The van der Waals surface area contributed by atoms with E-state index in [9.17, 15) is 0 Å². The van der Waals surface area contributed by atoms with E-state index in [-0.39, 0.29) is 5.54 Å². The molecule has 0 bridgehead atoms. The van der Waals surface area contributed by atoms with Crippen molar-refractivity contribution in [3.63, 3.8) is 0 Å². The Bertz CT molecular complexity index is 436. The van der Waals surface area contributed by atoms with Crippen molar-refractivity contribution in [2.75, 3.05) is 19.6 Å². The summed E-state index contributed by atoms with van der Waals surface area (Å²) in [7, 11) is 0. The van der Waals surface area contributed by atoms with Crippen LogP contribution in [-0.4, -0.2) is 30.1 Å². The van der Waals surface area contributed by atoms with Crippen LogP contribution in [0.5, 0.6) is 0 Å².